The van der Waals surface area contributed by atoms with Crippen LogP contribution in [0.1, 0.15) is 39.0 Å². The molecule has 0 aromatic heterocycles. The first kappa shape index (κ1) is 13.3. The number of nitrogens with one attached hydrogen (secondary N) is 1. The summed E-state index contributed by atoms with van der Waals surface area (Å²) in [5.41, 5.74) is 0.356. The lowest BCUT2D eigenvalue weighted by molar-refractivity contribution is -0.0755. The minimum absolute atomic E-state index is 0.332. The molecule has 1 aromatic rings. The summed E-state index contributed by atoms with van der Waals surface area (Å²) in [6.45, 7) is 3.23. The quantitative estimate of drug-likeness (QED) is 0.898. The van der Waals surface area contributed by atoms with Crippen LogP contribution in [0.3, 0.4) is 0 Å². The van der Waals surface area contributed by atoms with Crippen LogP contribution in [0.5, 0.6) is 5.75 Å². The van der Waals surface area contributed by atoms with Crippen LogP contribution in [-0.4, -0.2) is 18.7 Å². The van der Waals surface area contributed by atoms with Crippen molar-refractivity contribution in [1.82, 2.24) is 5.32 Å². The maximum atomic E-state index is 6.22. The van der Waals surface area contributed by atoms with E-state index in [1.54, 1.807) is 0 Å². The van der Waals surface area contributed by atoms with Crippen LogP contribution in [0.25, 0.3) is 0 Å². The fourth-order valence-corrected chi connectivity index (χ4v) is 4.02. The molecule has 1 aromatic carbocycles. The van der Waals surface area contributed by atoms with Crippen molar-refractivity contribution in [3.63, 3.8) is 0 Å². The molecule has 1 spiro atoms. The average Bonchev–Trinajstić information content (AvgIpc) is 2.92. The highest BCUT2D eigenvalue weighted by atomic mass is 35.5. The lowest BCUT2D eigenvalue weighted by Gasteiger charge is -2.54. The topological polar surface area (TPSA) is 21.3 Å². The maximum absolute atomic E-state index is 6.22. The lowest BCUT2D eigenvalue weighted by Crippen LogP contribution is -2.63. The third-order valence-corrected chi connectivity index (χ3v) is 5.19. The highest BCUT2D eigenvalue weighted by Gasteiger charge is 2.57. The third-order valence-electron chi connectivity index (χ3n) is 4.88. The molecule has 1 N–H and O–H groups in total. The van der Waals surface area contributed by atoms with Crippen LogP contribution in [-0.2, 0) is 0 Å². The van der Waals surface area contributed by atoms with Crippen molar-refractivity contribution in [2.75, 3.05) is 6.54 Å². The van der Waals surface area contributed by atoms with Gasteiger partial charge in [0.2, 0.25) is 0 Å². The zero-order valence-corrected chi connectivity index (χ0v) is 12.2. The van der Waals surface area contributed by atoms with E-state index >= 15 is 0 Å². The van der Waals surface area contributed by atoms with Crippen LogP contribution >= 0.6 is 11.6 Å². The minimum Gasteiger partial charge on any atom is -0.488 e. The molecular weight excluding hydrogens is 258 g/mol. The molecule has 2 aliphatic rings. The number of hydrogen-bond acceptors (Lipinski definition) is 2. The summed E-state index contributed by atoms with van der Waals surface area (Å²) in [5.74, 6) is 0.843. The molecular formula is C16H22ClNO. The Morgan fingerprint density at radius 2 is 2.05 bits per heavy atom. The number of para-hydroxylation sites is 1. The first-order valence-corrected chi connectivity index (χ1v) is 7.78. The Morgan fingerprint density at radius 1 is 1.32 bits per heavy atom. The standard InChI is InChI=1S/C16H22ClNO/c1-2-18-14-11-15(16(14)9-5-6-10-16)19-13-8-4-3-7-12(13)17/h3-4,7-8,14-15,18H,2,5-6,9-11H2,1H3. The van der Waals surface area contributed by atoms with Gasteiger partial charge in [0, 0.05) is 17.9 Å². The summed E-state index contributed by atoms with van der Waals surface area (Å²) in [7, 11) is 0. The Kier molecular flexibility index (Phi) is 3.72. The lowest BCUT2D eigenvalue weighted by atomic mass is 9.60. The van der Waals surface area contributed by atoms with Crippen molar-refractivity contribution in [2.45, 2.75) is 51.2 Å². The van der Waals surface area contributed by atoms with Crippen molar-refractivity contribution in [3.8, 4) is 5.75 Å². The molecule has 2 atom stereocenters. The van der Waals surface area contributed by atoms with Gasteiger partial charge in [-0.3, -0.25) is 0 Å². The molecule has 0 amide bonds. The van der Waals surface area contributed by atoms with Gasteiger partial charge in [-0.15, -0.1) is 0 Å². The van der Waals surface area contributed by atoms with Crippen LogP contribution in [0.2, 0.25) is 5.02 Å². The smallest absolute Gasteiger partial charge is 0.138 e. The van der Waals surface area contributed by atoms with E-state index in [0.717, 1.165) is 23.7 Å². The van der Waals surface area contributed by atoms with Gasteiger partial charge in [-0.2, -0.15) is 0 Å². The monoisotopic (exact) mass is 279 g/mol. The van der Waals surface area contributed by atoms with Gasteiger partial charge in [-0.05, 0) is 31.5 Å². The molecule has 104 valence electrons. The van der Waals surface area contributed by atoms with Crippen molar-refractivity contribution < 1.29 is 4.74 Å². The van der Waals surface area contributed by atoms with Gasteiger partial charge in [0.25, 0.3) is 0 Å². The van der Waals surface area contributed by atoms with Gasteiger partial charge in [-0.1, -0.05) is 43.5 Å². The Bertz CT molecular complexity index is 442. The van der Waals surface area contributed by atoms with E-state index in [0.29, 0.717) is 17.6 Å². The molecule has 0 heterocycles. The van der Waals surface area contributed by atoms with E-state index < -0.39 is 0 Å². The van der Waals surface area contributed by atoms with Gasteiger partial charge in [-0.25, -0.2) is 0 Å². The highest BCUT2D eigenvalue weighted by Crippen LogP contribution is 2.54. The maximum Gasteiger partial charge on any atom is 0.138 e. The molecule has 2 saturated carbocycles. The fourth-order valence-electron chi connectivity index (χ4n) is 3.84. The molecule has 2 aliphatic carbocycles. The molecule has 2 nitrogen and oxygen atoms in total. The summed E-state index contributed by atoms with van der Waals surface area (Å²) >= 11 is 6.20. The van der Waals surface area contributed by atoms with Gasteiger partial charge in [0.15, 0.2) is 0 Å². The molecule has 0 saturated heterocycles. The largest absolute Gasteiger partial charge is 0.488 e. The summed E-state index contributed by atoms with van der Waals surface area (Å²) < 4.78 is 6.22. The Morgan fingerprint density at radius 3 is 2.74 bits per heavy atom. The van der Waals surface area contributed by atoms with Gasteiger partial charge >= 0.3 is 0 Å². The predicted octanol–water partition coefficient (Wildman–Crippen LogP) is 4.03. The Labute approximate surface area is 120 Å². The molecule has 2 unspecified atom stereocenters. The molecule has 19 heavy (non-hydrogen) atoms. The van der Waals surface area contributed by atoms with Crippen LogP contribution in [0.15, 0.2) is 24.3 Å². The van der Waals surface area contributed by atoms with E-state index in [9.17, 15) is 0 Å². The van der Waals surface area contributed by atoms with Crippen molar-refractivity contribution in [1.29, 1.82) is 0 Å². The van der Waals surface area contributed by atoms with E-state index in [-0.39, 0.29) is 0 Å². The second-order valence-corrected chi connectivity index (χ2v) is 6.23. The Hall–Kier alpha value is -0.730. The van der Waals surface area contributed by atoms with Crippen molar-refractivity contribution >= 4 is 11.6 Å². The molecule has 3 heteroatoms. The van der Waals surface area contributed by atoms with Gasteiger partial charge < -0.3 is 10.1 Å². The van der Waals surface area contributed by atoms with Gasteiger partial charge in [0.1, 0.15) is 11.9 Å². The van der Waals surface area contributed by atoms with Crippen LogP contribution in [0.4, 0.5) is 0 Å². The highest BCUT2D eigenvalue weighted by molar-refractivity contribution is 6.32. The summed E-state index contributed by atoms with van der Waals surface area (Å²) in [6.07, 6.45) is 6.70. The number of ether oxygens (including phenoxy) is 1. The minimum atomic E-state index is 0.332. The fraction of sp³-hybridized carbons (Fsp3) is 0.625. The molecule has 0 radical (unpaired) electrons. The van der Waals surface area contributed by atoms with Gasteiger partial charge in [0.05, 0.1) is 5.02 Å². The Balaban J connectivity index is 1.74. The van der Waals surface area contributed by atoms with Crippen molar-refractivity contribution in [2.24, 2.45) is 5.41 Å². The molecule has 0 bridgehead atoms. The predicted molar refractivity (Wildman–Crippen MR) is 78.9 cm³/mol. The first-order chi connectivity index (χ1) is 9.26. The molecule has 2 fully saturated rings. The van der Waals surface area contributed by atoms with Crippen molar-refractivity contribution in [3.05, 3.63) is 29.3 Å². The average molecular weight is 280 g/mol. The second kappa shape index (κ2) is 5.34. The summed E-state index contributed by atoms with van der Waals surface area (Å²) in [4.78, 5) is 0. The second-order valence-electron chi connectivity index (χ2n) is 5.82. The normalized spacial score (nSPS) is 28.3. The number of rotatable bonds is 4. The van der Waals surface area contributed by atoms with E-state index in [1.807, 2.05) is 24.3 Å². The SMILES string of the molecule is CCNC1CC(Oc2ccccc2Cl)C12CCCC2. The molecule has 0 aliphatic heterocycles. The zero-order valence-electron chi connectivity index (χ0n) is 11.5. The number of hydrogen-bond donors (Lipinski definition) is 1. The summed E-state index contributed by atoms with van der Waals surface area (Å²) in [6, 6.07) is 8.45. The first-order valence-electron chi connectivity index (χ1n) is 7.41. The number of halogens is 1. The zero-order chi connectivity index (χ0) is 13.3. The number of benzene rings is 1. The van der Waals surface area contributed by atoms with Crippen LogP contribution < -0.4 is 10.1 Å². The van der Waals surface area contributed by atoms with Crippen LogP contribution in [0, 0.1) is 5.41 Å². The van der Waals surface area contributed by atoms with E-state index in [4.69, 9.17) is 16.3 Å². The summed E-state index contributed by atoms with van der Waals surface area (Å²) in [5, 5.41) is 4.36. The van der Waals surface area contributed by atoms with E-state index in [2.05, 4.69) is 12.2 Å². The molecule has 3 rings (SSSR count). The van der Waals surface area contributed by atoms with E-state index in [1.165, 1.54) is 25.7 Å². The third kappa shape index (κ3) is 2.25.